The Morgan fingerprint density at radius 1 is 1.04 bits per heavy atom. The highest BCUT2D eigenvalue weighted by atomic mass is 16.5. The zero-order valence-electron chi connectivity index (χ0n) is 15.5. The maximum atomic E-state index is 12.4. The van der Waals surface area contributed by atoms with Crippen LogP contribution >= 0.6 is 0 Å². The Labute approximate surface area is 147 Å². The van der Waals surface area contributed by atoms with Crippen LogP contribution in [0.5, 0.6) is 0 Å². The van der Waals surface area contributed by atoms with Gasteiger partial charge in [-0.3, -0.25) is 14.6 Å². The van der Waals surface area contributed by atoms with Crippen LogP contribution in [-0.4, -0.2) is 72.7 Å². The molecule has 5 nitrogen and oxygen atoms in total. The van der Waals surface area contributed by atoms with Crippen LogP contribution in [0.3, 0.4) is 0 Å². The van der Waals surface area contributed by atoms with Gasteiger partial charge in [-0.15, -0.1) is 0 Å². The van der Waals surface area contributed by atoms with Crippen LogP contribution in [0.2, 0.25) is 0 Å². The lowest BCUT2D eigenvalue weighted by molar-refractivity contribution is -0.123. The number of likely N-dealkylation sites (tertiary alicyclic amines) is 1. The van der Waals surface area contributed by atoms with Crippen molar-refractivity contribution in [3.8, 4) is 0 Å². The second kappa shape index (κ2) is 8.63. The topological polar surface area (TPSA) is 44.8 Å². The van der Waals surface area contributed by atoms with Gasteiger partial charge in [0.1, 0.15) is 0 Å². The average Bonchev–Trinajstić information content (AvgIpc) is 2.94. The smallest absolute Gasteiger partial charge is 0.234 e. The van der Waals surface area contributed by atoms with Crippen LogP contribution in [-0.2, 0) is 9.53 Å². The molecule has 0 spiro atoms. The Bertz CT molecular complexity index is 401. The van der Waals surface area contributed by atoms with E-state index in [-0.39, 0.29) is 5.91 Å². The Balaban J connectivity index is 1.45. The molecule has 3 unspecified atom stereocenters. The van der Waals surface area contributed by atoms with Gasteiger partial charge in [-0.2, -0.15) is 0 Å². The predicted molar refractivity (Wildman–Crippen MR) is 96.1 cm³/mol. The lowest BCUT2D eigenvalue weighted by Gasteiger charge is -2.38. The number of nitrogens with one attached hydrogen (secondary N) is 1. The number of carbonyl (C=O) groups excluding carboxylic acids is 1. The van der Waals surface area contributed by atoms with Crippen LogP contribution < -0.4 is 5.32 Å². The Morgan fingerprint density at radius 2 is 1.75 bits per heavy atom. The van der Waals surface area contributed by atoms with Gasteiger partial charge in [0.25, 0.3) is 0 Å². The molecule has 2 saturated heterocycles. The van der Waals surface area contributed by atoms with E-state index in [9.17, 15) is 4.79 Å². The molecule has 3 fully saturated rings. The minimum absolute atomic E-state index is 0.234. The van der Waals surface area contributed by atoms with E-state index in [0.717, 1.165) is 26.2 Å². The second-order valence-electron chi connectivity index (χ2n) is 8.14. The first-order valence-electron chi connectivity index (χ1n) is 10.0. The number of nitrogens with zero attached hydrogens (tertiary/aromatic N) is 2. The normalized spacial score (nSPS) is 33.7. The van der Waals surface area contributed by atoms with Crippen LogP contribution in [0, 0.1) is 0 Å². The summed E-state index contributed by atoms with van der Waals surface area (Å²) in [6, 6.07) is 0.952. The number of morpholine rings is 1. The molecule has 5 heteroatoms. The molecule has 138 valence electrons. The van der Waals surface area contributed by atoms with E-state index in [4.69, 9.17) is 4.74 Å². The molecule has 1 aliphatic carbocycles. The molecular formula is C19H35N3O2. The lowest BCUT2D eigenvalue weighted by atomic mass is 9.95. The Morgan fingerprint density at radius 3 is 2.46 bits per heavy atom. The summed E-state index contributed by atoms with van der Waals surface area (Å²) >= 11 is 0. The monoisotopic (exact) mass is 337 g/mol. The predicted octanol–water partition coefficient (Wildman–Crippen LogP) is 2.01. The molecule has 3 rings (SSSR count). The van der Waals surface area contributed by atoms with Gasteiger partial charge in [-0.05, 0) is 46.1 Å². The first-order chi connectivity index (χ1) is 11.6. The number of hydrogen-bond acceptors (Lipinski definition) is 4. The summed E-state index contributed by atoms with van der Waals surface area (Å²) in [4.78, 5) is 17.4. The summed E-state index contributed by atoms with van der Waals surface area (Å²) in [6.45, 7) is 9.08. The third-order valence-corrected chi connectivity index (χ3v) is 5.78. The maximum absolute atomic E-state index is 12.4. The van der Waals surface area contributed by atoms with Gasteiger partial charge in [0.05, 0.1) is 18.8 Å². The highest BCUT2D eigenvalue weighted by Crippen LogP contribution is 2.21. The summed E-state index contributed by atoms with van der Waals surface area (Å²) in [7, 11) is 0. The highest BCUT2D eigenvalue weighted by molar-refractivity contribution is 5.78. The molecule has 1 saturated carbocycles. The molecule has 3 atom stereocenters. The molecular weight excluding hydrogens is 302 g/mol. The van der Waals surface area contributed by atoms with Crippen molar-refractivity contribution in [3.63, 3.8) is 0 Å². The molecule has 0 aromatic rings. The van der Waals surface area contributed by atoms with E-state index < -0.39 is 0 Å². The fourth-order valence-electron chi connectivity index (χ4n) is 4.75. The molecule has 0 aromatic carbocycles. The maximum Gasteiger partial charge on any atom is 0.234 e. The first kappa shape index (κ1) is 18.2. The molecule has 0 aromatic heterocycles. The van der Waals surface area contributed by atoms with E-state index in [1.165, 1.54) is 44.9 Å². The number of carbonyl (C=O) groups is 1. The Kier molecular flexibility index (Phi) is 6.53. The number of ether oxygens (including phenoxy) is 1. The van der Waals surface area contributed by atoms with Crippen molar-refractivity contribution in [1.29, 1.82) is 0 Å². The van der Waals surface area contributed by atoms with Crippen LogP contribution in [0.25, 0.3) is 0 Å². The van der Waals surface area contributed by atoms with Gasteiger partial charge in [-0.25, -0.2) is 0 Å². The van der Waals surface area contributed by atoms with Crippen LogP contribution in [0.4, 0.5) is 0 Å². The van der Waals surface area contributed by atoms with E-state index >= 15 is 0 Å². The van der Waals surface area contributed by atoms with Gasteiger partial charge >= 0.3 is 0 Å². The molecule has 1 N–H and O–H groups in total. The largest absolute Gasteiger partial charge is 0.373 e. The van der Waals surface area contributed by atoms with Crippen LogP contribution in [0.1, 0.15) is 58.8 Å². The first-order valence-corrected chi connectivity index (χ1v) is 10.0. The van der Waals surface area contributed by atoms with Crippen molar-refractivity contribution in [3.05, 3.63) is 0 Å². The molecule has 24 heavy (non-hydrogen) atoms. The van der Waals surface area contributed by atoms with Crippen molar-refractivity contribution < 1.29 is 9.53 Å². The SMILES string of the molecule is CC1CN(CC2CCCN2CC(=O)NC2CCCCC2)CC(C)O1. The van der Waals surface area contributed by atoms with Crippen molar-refractivity contribution in [2.45, 2.75) is 83.1 Å². The summed E-state index contributed by atoms with van der Waals surface area (Å²) in [6.07, 6.45) is 9.27. The van der Waals surface area contributed by atoms with Crippen molar-refractivity contribution >= 4 is 5.91 Å². The minimum atomic E-state index is 0.234. The highest BCUT2D eigenvalue weighted by Gasteiger charge is 2.31. The summed E-state index contributed by atoms with van der Waals surface area (Å²) in [5, 5.41) is 3.27. The molecule has 3 aliphatic rings. The molecule has 0 radical (unpaired) electrons. The van der Waals surface area contributed by atoms with Gasteiger partial charge < -0.3 is 10.1 Å². The van der Waals surface area contributed by atoms with Crippen LogP contribution in [0.15, 0.2) is 0 Å². The molecule has 0 bridgehead atoms. The summed E-state index contributed by atoms with van der Waals surface area (Å²) in [5.74, 6) is 0.234. The van der Waals surface area contributed by atoms with Gasteiger partial charge in [0.2, 0.25) is 5.91 Å². The van der Waals surface area contributed by atoms with Gasteiger partial charge in [0, 0.05) is 31.7 Å². The standard InChI is InChI=1S/C19H35N3O2/c1-15-11-21(12-16(2)24-15)13-18-9-6-10-22(18)14-19(23)20-17-7-4-3-5-8-17/h15-18H,3-14H2,1-2H3,(H,20,23). The second-order valence-corrected chi connectivity index (χ2v) is 8.14. The lowest BCUT2D eigenvalue weighted by Crippen LogP contribution is -2.51. The van der Waals surface area contributed by atoms with E-state index in [1.54, 1.807) is 0 Å². The average molecular weight is 338 g/mol. The number of rotatable bonds is 5. The number of amides is 1. The molecule has 2 heterocycles. The Hall–Kier alpha value is -0.650. The third-order valence-electron chi connectivity index (χ3n) is 5.78. The van der Waals surface area contributed by atoms with E-state index in [1.807, 2.05) is 0 Å². The van der Waals surface area contributed by atoms with Gasteiger partial charge in [0.15, 0.2) is 0 Å². The quantitative estimate of drug-likeness (QED) is 0.833. The van der Waals surface area contributed by atoms with Crippen molar-refractivity contribution in [2.75, 3.05) is 32.7 Å². The fourth-order valence-corrected chi connectivity index (χ4v) is 4.75. The zero-order chi connectivity index (χ0) is 16.9. The van der Waals surface area contributed by atoms with Crippen molar-refractivity contribution in [1.82, 2.24) is 15.1 Å². The summed E-state index contributed by atoms with van der Waals surface area (Å²) < 4.78 is 5.84. The van der Waals surface area contributed by atoms with Crippen molar-refractivity contribution in [2.24, 2.45) is 0 Å². The third kappa shape index (κ3) is 5.17. The zero-order valence-corrected chi connectivity index (χ0v) is 15.5. The van der Waals surface area contributed by atoms with E-state index in [0.29, 0.717) is 30.8 Å². The minimum Gasteiger partial charge on any atom is -0.373 e. The fraction of sp³-hybridized carbons (Fsp3) is 0.947. The van der Waals surface area contributed by atoms with E-state index in [2.05, 4.69) is 29.0 Å². The van der Waals surface area contributed by atoms with Gasteiger partial charge in [-0.1, -0.05) is 19.3 Å². The number of hydrogen-bond donors (Lipinski definition) is 1. The summed E-state index contributed by atoms with van der Waals surface area (Å²) in [5.41, 5.74) is 0. The molecule has 2 aliphatic heterocycles. The molecule has 1 amide bonds.